The molecule has 2 heteroatoms. The summed E-state index contributed by atoms with van der Waals surface area (Å²) in [5.74, 6) is 1.52. The van der Waals surface area contributed by atoms with Crippen LogP contribution in [-0.2, 0) is 6.42 Å². The second-order valence-electron chi connectivity index (χ2n) is 8.07. The fraction of sp³-hybridized carbons (Fsp3) is 0.480. The van der Waals surface area contributed by atoms with Crippen LogP contribution in [0.25, 0.3) is 11.1 Å². The van der Waals surface area contributed by atoms with Gasteiger partial charge in [-0.05, 0) is 47.9 Å². The summed E-state index contributed by atoms with van der Waals surface area (Å²) in [4.78, 5) is 0. The van der Waals surface area contributed by atoms with E-state index in [-0.39, 0.29) is 5.82 Å². The van der Waals surface area contributed by atoms with Crippen LogP contribution >= 0.6 is 0 Å². The highest BCUT2D eigenvalue weighted by molar-refractivity contribution is 5.65. The fourth-order valence-electron chi connectivity index (χ4n) is 4.34. The maximum atomic E-state index is 14.2. The van der Waals surface area contributed by atoms with Crippen molar-refractivity contribution in [3.05, 3.63) is 59.4 Å². The van der Waals surface area contributed by atoms with Gasteiger partial charge >= 0.3 is 0 Å². The van der Waals surface area contributed by atoms with E-state index in [4.69, 9.17) is 5.26 Å². The maximum Gasteiger partial charge on any atom is 0.132 e. The summed E-state index contributed by atoms with van der Waals surface area (Å²) in [6.07, 6.45) is 12.1. The first kappa shape index (κ1) is 19.6. The molecule has 0 aliphatic heterocycles. The minimum absolute atomic E-state index is 0.332. The zero-order valence-corrected chi connectivity index (χ0v) is 16.4. The number of nitriles is 1. The van der Waals surface area contributed by atoms with Crippen molar-refractivity contribution in [2.45, 2.75) is 64.7 Å². The van der Waals surface area contributed by atoms with E-state index in [1.54, 1.807) is 12.1 Å². The molecule has 1 aliphatic rings. The second kappa shape index (κ2) is 9.70. The number of unbranched alkanes of at least 4 members (excludes halogenated alkanes) is 1. The molecule has 27 heavy (non-hydrogen) atoms. The first-order valence-corrected chi connectivity index (χ1v) is 10.5. The molecule has 0 radical (unpaired) electrons. The van der Waals surface area contributed by atoms with Gasteiger partial charge in [-0.3, -0.25) is 0 Å². The van der Waals surface area contributed by atoms with E-state index in [9.17, 15) is 4.39 Å². The van der Waals surface area contributed by atoms with Crippen LogP contribution in [-0.4, -0.2) is 0 Å². The molecule has 0 bridgehead atoms. The molecular formula is C25H30FN. The SMILES string of the molecule is CCCC[C@H]1CC[C@H](CCc2ccc(-c3ccc(C#N)cc3F)cc2)CC1. The predicted molar refractivity (Wildman–Crippen MR) is 110 cm³/mol. The van der Waals surface area contributed by atoms with Crippen molar-refractivity contribution in [3.8, 4) is 17.2 Å². The minimum atomic E-state index is -0.332. The summed E-state index contributed by atoms with van der Waals surface area (Å²) >= 11 is 0. The molecular weight excluding hydrogens is 333 g/mol. The highest BCUT2D eigenvalue weighted by Gasteiger charge is 2.20. The van der Waals surface area contributed by atoms with Gasteiger partial charge in [-0.2, -0.15) is 5.26 Å². The molecule has 2 aromatic rings. The fourth-order valence-corrected chi connectivity index (χ4v) is 4.34. The smallest absolute Gasteiger partial charge is 0.132 e. The number of aryl methyl sites for hydroxylation is 1. The topological polar surface area (TPSA) is 23.8 Å². The standard InChI is InChI=1S/C25H30FN/c1-2-3-4-19-5-7-20(8-6-19)9-10-21-11-14-23(15-12-21)24-16-13-22(18-27)17-25(24)26/h11-17,19-20H,2-10H2,1H3/t19-,20-. The van der Waals surface area contributed by atoms with Crippen molar-refractivity contribution >= 4 is 0 Å². The monoisotopic (exact) mass is 363 g/mol. The lowest BCUT2D eigenvalue weighted by Crippen LogP contribution is -2.15. The third kappa shape index (κ3) is 5.42. The molecule has 0 unspecified atom stereocenters. The van der Waals surface area contributed by atoms with Crippen molar-refractivity contribution in [1.29, 1.82) is 5.26 Å². The Labute approximate surface area is 163 Å². The van der Waals surface area contributed by atoms with Gasteiger partial charge in [0.05, 0.1) is 11.6 Å². The molecule has 1 aliphatic carbocycles. The largest absolute Gasteiger partial charge is 0.206 e. The highest BCUT2D eigenvalue weighted by Crippen LogP contribution is 2.34. The molecule has 0 atom stereocenters. The molecule has 0 N–H and O–H groups in total. The predicted octanol–water partition coefficient (Wildman–Crippen LogP) is 7.29. The van der Waals surface area contributed by atoms with Gasteiger partial charge in [0, 0.05) is 5.56 Å². The Morgan fingerprint density at radius 3 is 2.22 bits per heavy atom. The Balaban J connectivity index is 1.51. The second-order valence-corrected chi connectivity index (χ2v) is 8.07. The van der Waals surface area contributed by atoms with E-state index in [0.717, 1.165) is 23.8 Å². The Hall–Kier alpha value is -2.14. The Morgan fingerprint density at radius 1 is 0.963 bits per heavy atom. The van der Waals surface area contributed by atoms with Crippen LogP contribution in [0.5, 0.6) is 0 Å². The van der Waals surface area contributed by atoms with Gasteiger partial charge in [0.1, 0.15) is 5.82 Å². The Morgan fingerprint density at radius 2 is 1.63 bits per heavy atom. The van der Waals surface area contributed by atoms with Gasteiger partial charge in [-0.1, -0.05) is 82.2 Å². The van der Waals surface area contributed by atoms with E-state index in [2.05, 4.69) is 19.1 Å². The minimum Gasteiger partial charge on any atom is -0.206 e. The zero-order chi connectivity index (χ0) is 19.1. The quantitative estimate of drug-likeness (QED) is 0.506. The zero-order valence-electron chi connectivity index (χ0n) is 16.4. The van der Waals surface area contributed by atoms with Gasteiger partial charge in [-0.15, -0.1) is 0 Å². The number of halogens is 1. The lowest BCUT2D eigenvalue weighted by atomic mass is 9.78. The molecule has 1 saturated carbocycles. The number of benzene rings is 2. The lowest BCUT2D eigenvalue weighted by Gasteiger charge is -2.28. The molecule has 0 heterocycles. The number of hydrogen-bond acceptors (Lipinski definition) is 1. The van der Waals surface area contributed by atoms with Crippen LogP contribution < -0.4 is 0 Å². The molecule has 3 rings (SSSR count). The first-order chi connectivity index (χ1) is 13.2. The summed E-state index contributed by atoms with van der Waals surface area (Å²) in [6, 6.07) is 14.9. The molecule has 0 amide bonds. The van der Waals surface area contributed by atoms with Gasteiger partial charge in [0.2, 0.25) is 0 Å². The van der Waals surface area contributed by atoms with Crippen molar-refractivity contribution in [2.24, 2.45) is 11.8 Å². The van der Waals surface area contributed by atoms with E-state index in [0.29, 0.717) is 11.1 Å². The summed E-state index contributed by atoms with van der Waals surface area (Å²) in [6.45, 7) is 2.28. The highest BCUT2D eigenvalue weighted by atomic mass is 19.1. The van der Waals surface area contributed by atoms with Crippen molar-refractivity contribution in [2.75, 3.05) is 0 Å². The number of nitrogens with zero attached hydrogens (tertiary/aromatic N) is 1. The van der Waals surface area contributed by atoms with Crippen molar-refractivity contribution < 1.29 is 4.39 Å². The molecule has 0 saturated heterocycles. The molecule has 0 aromatic heterocycles. The third-order valence-electron chi connectivity index (χ3n) is 6.14. The molecule has 1 nitrogen and oxygen atoms in total. The maximum absolute atomic E-state index is 14.2. The van der Waals surface area contributed by atoms with E-state index in [1.807, 2.05) is 18.2 Å². The summed E-state index contributed by atoms with van der Waals surface area (Å²) in [5.41, 5.74) is 3.13. The van der Waals surface area contributed by atoms with E-state index >= 15 is 0 Å². The molecule has 0 spiro atoms. The lowest BCUT2D eigenvalue weighted by molar-refractivity contribution is 0.250. The van der Waals surface area contributed by atoms with E-state index < -0.39 is 0 Å². The Kier molecular flexibility index (Phi) is 7.04. The van der Waals surface area contributed by atoms with Gasteiger partial charge in [-0.25, -0.2) is 4.39 Å². The summed E-state index contributed by atoms with van der Waals surface area (Å²) in [5, 5.41) is 8.86. The summed E-state index contributed by atoms with van der Waals surface area (Å²) in [7, 11) is 0. The van der Waals surface area contributed by atoms with Gasteiger partial charge < -0.3 is 0 Å². The number of rotatable bonds is 7. The van der Waals surface area contributed by atoms with E-state index in [1.165, 1.54) is 63.0 Å². The van der Waals surface area contributed by atoms with Crippen molar-refractivity contribution in [1.82, 2.24) is 0 Å². The van der Waals surface area contributed by atoms with Crippen LogP contribution in [0, 0.1) is 29.0 Å². The average Bonchev–Trinajstić information content (AvgIpc) is 2.72. The average molecular weight is 364 g/mol. The first-order valence-electron chi connectivity index (χ1n) is 10.5. The normalized spacial score (nSPS) is 19.6. The van der Waals surface area contributed by atoms with Crippen LogP contribution in [0.15, 0.2) is 42.5 Å². The molecule has 1 fully saturated rings. The van der Waals surface area contributed by atoms with Crippen LogP contribution in [0.3, 0.4) is 0 Å². The number of hydrogen-bond donors (Lipinski definition) is 0. The molecule has 2 aromatic carbocycles. The Bertz CT molecular complexity index is 764. The van der Waals surface area contributed by atoms with Crippen molar-refractivity contribution in [3.63, 3.8) is 0 Å². The van der Waals surface area contributed by atoms with Gasteiger partial charge in [0.15, 0.2) is 0 Å². The van der Waals surface area contributed by atoms with Crippen LogP contribution in [0.1, 0.15) is 69.4 Å². The molecule has 142 valence electrons. The van der Waals surface area contributed by atoms with Crippen LogP contribution in [0.2, 0.25) is 0 Å². The summed E-state index contributed by atoms with van der Waals surface area (Å²) < 4.78 is 14.2. The van der Waals surface area contributed by atoms with Gasteiger partial charge in [0.25, 0.3) is 0 Å². The third-order valence-corrected chi connectivity index (χ3v) is 6.14. The van der Waals surface area contributed by atoms with Crippen LogP contribution in [0.4, 0.5) is 4.39 Å².